The van der Waals surface area contributed by atoms with Gasteiger partial charge in [-0.15, -0.1) is 10.2 Å². The van der Waals surface area contributed by atoms with Gasteiger partial charge in [0.1, 0.15) is 0 Å². The zero-order chi connectivity index (χ0) is 21.1. The van der Waals surface area contributed by atoms with Gasteiger partial charge in [0, 0.05) is 55.7 Å². The Morgan fingerprint density at radius 1 is 1.13 bits per heavy atom. The molecular formula is C20H19F3N4O2S. The lowest BCUT2D eigenvalue weighted by molar-refractivity contribution is -0.137. The summed E-state index contributed by atoms with van der Waals surface area (Å²) in [5, 5.41) is 11.8. The second-order valence-electron chi connectivity index (χ2n) is 6.93. The fourth-order valence-corrected chi connectivity index (χ4v) is 3.95. The number of carbonyl (C=O) groups is 1. The first-order valence-electron chi connectivity index (χ1n) is 9.45. The SMILES string of the molecule is O=C(CCc1nnc(-c2ccsc2)o1)N1CCN(c2cccc(C(F)(F)F)c2)CC1. The molecule has 1 saturated heterocycles. The van der Waals surface area contributed by atoms with Crippen molar-refractivity contribution in [1.29, 1.82) is 0 Å². The van der Waals surface area contributed by atoms with E-state index in [1.807, 2.05) is 21.7 Å². The Labute approximate surface area is 174 Å². The Morgan fingerprint density at radius 2 is 1.93 bits per heavy atom. The van der Waals surface area contributed by atoms with Crippen molar-refractivity contribution in [2.24, 2.45) is 0 Å². The van der Waals surface area contributed by atoms with Crippen LogP contribution in [0.5, 0.6) is 0 Å². The van der Waals surface area contributed by atoms with Crippen LogP contribution >= 0.6 is 11.3 Å². The number of rotatable bonds is 5. The summed E-state index contributed by atoms with van der Waals surface area (Å²) in [6.45, 7) is 1.88. The Morgan fingerprint density at radius 3 is 2.63 bits per heavy atom. The molecule has 0 atom stereocenters. The average molecular weight is 436 g/mol. The molecule has 1 fully saturated rings. The maximum Gasteiger partial charge on any atom is 0.416 e. The van der Waals surface area contributed by atoms with Gasteiger partial charge in [-0.25, -0.2) is 0 Å². The molecule has 0 unspecified atom stereocenters. The van der Waals surface area contributed by atoms with Gasteiger partial charge < -0.3 is 14.2 Å². The molecule has 0 aliphatic carbocycles. The maximum absolute atomic E-state index is 12.9. The van der Waals surface area contributed by atoms with Crippen molar-refractivity contribution in [3.63, 3.8) is 0 Å². The van der Waals surface area contributed by atoms with Gasteiger partial charge in [-0.2, -0.15) is 24.5 Å². The van der Waals surface area contributed by atoms with E-state index in [0.717, 1.165) is 17.7 Å². The van der Waals surface area contributed by atoms with Gasteiger partial charge in [-0.3, -0.25) is 4.79 Å². The van der Waals surface area contributed by atoms with Gasteiger partial charge in [-0.1, -0.05) is 6.07 Å². The van der Waals surface area contributed by atoms with Crippen LogP contribution in [-0.2, 0) is 17.4 Å². The third kappa shape index (κ3) is 4.64. The Balaban J connectivity index is 1.28. The third-order valence-electron chi connectivity index (χ3n) is 4.96. The summed E-state index contributed by atoms with van der Waals surface area (Å²) >= 11 is 1.53. The van der Waals surface area contributed by atoms with Crippen LogP contribution in [0.4, 0.5) is 18.9 Å². The van der Waals surface area contributed by atoms with Crippen LogP contribution < -0.4 is 4.90 Å². The lowest BCUT2D eigenvalue weighted by atomic mass is 10.1. The molecule has 0 bridgehead atoms. The molecule has 1 aliphatic heterocycles. The first kappa shape index (κ1) is 20.4. The van der Waals surface area contributed by atoms with Crippen LogP contribution in [0.25, 0.3) is 11.5 Å². The van der Waals surface area contributed by atoms with Crippen molar-refractivity contribution in [2.75, 3.05) is 31.1 Å². The van der Waals surface area contributed by atoms with Gasteiger partial charge in [0.15, 0.2) is 0 Å². The van der Waals surface area contributed by atoms with Crippen LogP contribution in [-0.4, -0.2) is 47.2 Å². The van der Waals surface area contributed by atoms with Crippen molar-refractivity contribution in [3.05, 3.63) is 52.5 Å². The van der Waals surface area contributed by atoms with Crippen molar-refractivity contribution in [2.45, 2.75) is 19.0 Å². The molecule has 30 heavy (non-hydrogen) atoms. The van der Waals surface area contributed by atoms with Crippen molar-refractivity contribution in [1.82, 2.24) is 15.1 Å². The fraction of sp³-hybridized carbons (Fsp3) is 0.350. The first-order chi connectivity index (χ1) is 14.4. The molecule has 1 aromatic carbocycles. The molecule has 0 radical (unpaired) electrons. The van der Waals surface area contributed by atoms with Gasteiger partial charge in [0.2, 0.25) is 17.7 Å². The van der Waals surface area contributed by atoms with E-state index in [4.69, 9.17) is 4.42 Å². The average Bonchev–Trinajstić information content (AvgIpc) is 3.43. The minimum atomic E-state index is -4.37. The number of nitrogens with zero attached hydrogens (tertiary/aromatic N) is 4. The molecule has 0 spiro atoms. The Bertz CT molecular complexity index is 996. The van der Waals surface area contributed by atoms with E-state index < -0.39 is 11.7 Å². The predicted molar refractivity (Wildman–Crippen MR) is 106 cm³/mol. The fourth-order valence-electron chi connectivity index (χ4n) is 3.32. The zero-order valence-electron chi connectivity index (χ0n) is 15.9. The number of hydrogen-bond donors (Lipinski definition) is 0. The number of amides is 1. The van der Waals surface area contributed by atoms with E-state index in [-0.39, 0.29) is 12.3 Å². The van der Waals surface area contributed by atoms with Crippen LogP contribution in [0.15, 0.2) is 45.5 Å². The monoisotopic (exact) mass is 436 g/mol. The number of benzene rings is 1. The summed E-state index contributed by atoms with van der Waals surface area (Å²) in [4.78, 5) is 16.1. The molecule has 2 aromatic heterocycles. The smallest absolute Gasteiger partial charge is 0.416 e. The van der Waals surface area contributed by atoms with E-state index in [1.165, 1.54) is 17.4 Å². The summed E-state index contributed by atoms with van der Waals surface area (Å²) in [5.74, 6) is 0.814. The summed E-state index contributed by atoms with van der Waals surface area (Å²) in [6, 6.07) is 7.16. The molecule has 3 heterocycles. The Kier molecular flexibility index (Phi) is 5.76. The van der Waals surface area contributed by atoms with Crippen molar-refractivity contribution >= 4 is 22.9 Å². The zero-order valence-corrected chi connectivity index (χ0v) is 16.7. The molecular weight excluding hydrogens is 417 g/mol. The number of thiophene rings is 1. The minimum Gasteiger partial charge on any atom is -0.421 e. The summed E-state index contributed by atoms with van der Waals surface area (Å²) < 4.78 is 44.4. The highest BCUT2D eigenvalue weighted by Gasteiger charge is 2.31. The molecule has 3 aromatic rings. The number of carbonyl (C=O) groups excluding carboxylic acids is 1. The summed E-state index contributed by atoms with van der Waals surface area (Å²) in [5.41, 5.74) is 0.708. The quantitative estimate of drug-likeness (QED) is 0.603. The maximum atomic E-state index is 12.9. The first-order valence-corrected chi connectivity index (χ1v) is 10.4. The molecule has 0 N–H and O–H groups in total. The molecule has 4 rings (SSSR count). The second kappa shape index (κ2) is 8.47. The highest BCUT2D eigenvalue weighted by Crippen LogP contribution is 2.32. The van der Waals surface area contributed by atoms with Crippen LogP contribution in [0, 0.1) is 0 Å². The number of alkyl halides is 3. The molecule has 1 aliphatic rings. The lowest BCUT2D eigenvalue weighted by Crippen LogP contribution is -2.48. The minimum absolute atomic E-state index is 0.0334. The van der Waals surface area contributed by atoms with Gasteiger partial charge in [0.25, 0.3) is 0 Å². The van der Waals surface area contributed by atoms with Crippen LogP contribution in [0.2, 0.25) is 0 Å². The number of aromatic nitrogens is 2. The van der Waals surface area contributed by atoms with Gasteiger partial charge >= 0.3 is 6.18 Å². The molecule has 10 heteroatoms. The van der Waals surface area contributed by atoms with Gasteiger partial charge in [-0.05, 0) is 29.6 Å². The third-order valence-corrected chi connectivity index (χ3v) is 5.64. The van der Waals surface area contributed by atoms with Gasteiger partial charge in [0.05, 0.1) is 5.56 Å². The van der Waals surface area contributed by atoms with E-state index in [2.05, 4.69) is 10.2 Å². The van der Waals surface area contributed by atoms with Crippen molar-refractivity contribution in [3.8, 4) is 11.5 Å². The Hall–Kier alpha value is -2.88. The lowest BCUT2D eigenvalue weighted by Gasteiger charge is -2.36. The highest BCUT2D eigenvalue weighted by molar-refractivity contribution is 7.08. The number of anilines is 1. The number of hydrogen-bond acceptors (Lipinski definition) is 6. The van der Waals surface area contributed by atoms with E-state index >= 15 is 0 Å². The van der Waals surface area contributed by atoms with Crippen molar-refractivity contribution < 1.29 is 22.4 Å². The van der Waals surface area contributed by atoms with Crippen LogP contribution in [0.3, 0.4) is 0 Å². The largest absolute Gasteiger partial charge is 0.421 e. The number of halogens is 3. The van der Waals surface area contributed by atoms with E-state index in [1.54, 1.807) is 11.0 Å². The topological polar surface area (TPSA) is 62.5 Å². The predicted octanol–water partition coefficient (Wildman–Crippen LogP) is 4.10. The number of aryl methyl sites for hydroxylation is 1. The highest BCUT2D eigenvalue weighted by atomic mass is 32.1. The van der Waals surface area contributed by atoms with E-state index in [9.17, 15) is 18.0 Å². The molecule has 1 amide bonds. The van der Waals surface area contributed by atoms with E-state index in [0.29, 0.717) is 50.1 Å². The standard InChI is InChI=1S/C20H19F3N4O2S/c21-20(22,23)15-2-1-3-16(12-15)26-7-9-27(10-8-26)18(28)5-4-17-24-25-19(29-17)14-6-11-30-13-14/h1-3,6,11-13H,4-5,7-10H2. The molecule has 0 saturated carbocycles. The molecule has 158 valence electrons. The summed E-state index contributed by atoms with van der Waals surface area (Å²) in [6.07, 6.45) is -3.77. The normalized spacial score (nSPS) is 14.9. The summed E-state index contributed by atoms with van der Waals surface area (Å²) in [7, 11) is 0. The molecule has 6 nitrogen and oxygen atoms in total. The second-order valence-corrected chi connectivity index (χ2v) is 7.71. The number of piperazine rings is 1. The van der Waals surface area contributed by atoms with Crippen LogP contribution in [0.1, 0.15) is 17.9 Å².